The van der Waals surface area contributed by atoms with Gasteiger partial charge in [-0.1, -0.05) is 5.16 Å². The highest BCUT2D eigenvalue weighted by Gasteiger charge is 2.23. The predicted molar refractivity (Wildman–Crippen MR) is 85.7 cm³/mol. The molecule has 0 saturated carbocycles. The number of thiophene rings is 1. The monoisotopic (exact) mass is 323 g/mol. The van der Waals surface area contributed by atoms with Crippen LogP contribution in [0.2, 0.25) is 0 Å². The zero-order chi connectivity index (χ0) is 16.0. The van der Waals surface area contributed by atoms with Gasteiger partial charge in [0.25, 0.3) is 0 Å². The Morgan fingerprint density at radius 3 is 2.91 bits per heavy atom. The van der Waals surface area contributed by atoms with Crippen LogP contribution >= 0.6 is 11.3 Å². The molecular formula is C14H21N5O2S. The number of hydrogen-bond acceptors (Lipinski definition) is 6. The summed E-state index contributed by atoms with van der Waals surface area (Å²) in [6.07, 6.45) is 0. The van der Waals surface area contributed by atoms with Crippen LogP contribution in [-0.4, -0.2) is 34.3 Å². The topological polar surface area (TPSA) is 95.6 Å². The Hall–Kier alpha value is -1.93. The maximum atomic E-state index is 10.5. The van der Waals surface area contributed by atoms with Gasteiger partial charge in [0.2, 0.25) is 5.89 Å². The lowest BCUT2D eigenvalue weighted by Crippen LogP contribution is -2.44. The number of hydrogen-bond donors (Lipinski definition) is 3. The normalized spacial score (nSPS) is 14.6. The molecule has 0 spiro atoms. The van der Waals surface area contributed by atoms with Crippen molar-refractivity contribution in [1.82, 2.24) is 20.8 Å². The molecule has 0 aliphatic carbocycles. The van der Waals surface area contributed by atoms with E-state index in [1.54, 1.807) is 25.2 Å². The van der Waals surface area contributed by atoms with Crippen LogP contribution in [-0.2, 0) is 12.1 Å². The van der Waals surface area contributed by atoms with Crippen LogP contribution < -0.4 is 10.6 Å². The van der Waals surface area contributed by atoms with E-state index in [2.05, 4.69) is 25.8 Å². The molecule has 0 saturated heterocycles. The second-order valence-corrected chi connectivity index (χ2v) is 5.85. The van der Waals surface area contributed by atoms with Crippen molar-refractivity contribution in [1.29, 1.82) is 0 Å². The minimum atomic E-state index is -0.961. The predicted octanol–water partition coefficient (Wildman–Crippen LogP) is 1.40. The Morgan fingerprint density at radius 1 is 1.50 bits per heavy atom. The van der Waals surface area contributed by atoms with Gasteiger partial charge in [-0.05, 0) is 43.2 Å². The van der Waals surface area contributed by atoms with E-state index in [1.165, 1.54) is 0 Å². The lowest BCUT2D eigenvalue weighted by atomic mass is 9.99. The van der Waals surface area contributed by atoms with E-state index in [0.717, 1.165) is 12.1 Å². The van der Waals surface area contributed by atoms with Crippen molar-refractivity contribution in [2.75, 3.05) is 13.1 Å². The summed E-state index contributed by atoms with van der Waals surface area (Å²) in [7, 11) is 0. The summed E-state index contributed by atoms with van der Waals surface area (Å²) in [6, 6.07) is 1.91. The second-order valence-electron chi connectivity index (χ2n) is 5.07. The third-order valence-corrected chi connectivity index (χ3v) is 3.71. The Labute approximate surface area is 133 Å². The Kier molecular flexibility index (Phi) is 5.51. The number of guanidine groups is 1. The highest BCUT2D eigenvalue weighted by Crippen LogP contribution is 2.21. The fraction of sp³-hybridized carbons (Fsp3) is 0.500. The van der Waals surface area contributed by atoms with E-state index in [-0.39, 0.29) is 6.54 Å². The molecule has 22 heavy (non-hydrogen) atoms. The number of aromatic nitrogens is 2. The van der Waals surface area contributed by atoms with E-state index in [1.807, 2.05) is 23.8 Å². The van der Waals surface area contributed by atoms with Gasteiger partial charge in [-0.25, -0.2) is 4.99 Å². The van der Waals surface area contributed by atoms with E-state index in [9.17, 15) is 5.11 Å². The van der Waals surface area contributed by atoms with Crippen LogP contribution in [0.25, 0.3) is 0 Å². The standard InChI is InChI=1S/C14H21N5O2S/c1-4-15-13(16-7-12-18-10(2)19-21-12)17-9-14(3,20)11-5-6-22-8-11/h5-6,8,20H,4,7,9H2,1-3H3,(H2,15,16,17). The van der Waals surface area contributed by atoms with Gasteiger partial charge in [0.05, 0.1) is 6.54 Å². The molecule has 2 aromatic rings. The van der Waals surface area contributed by atoms with E-state index < -0.39 is 5.60 Å². The zero-order valence-electron chi connectivity index (χ0n) is 13.0. The van der Waals surface area contributed by atoms with E-state index in [0.29, 0.717) is 24.2 Å². The molecule has 0 radical (unpaired) electrons. The van der Waals surface area contributed by atoms with Gasteiger partial charge in [-0.15, -0.1) is 0 Å². The molecule has 2 aromatic heterocycles. The maximum Gasteiger partial charge on any atom is 0.248 e. The third kappa shape index (κ3) is 4.54. The summed E-state index contributed by atoms with van der Waals surface area (Å²) in [5.41, 5.74) is -0.0783. The van der Waals surface area contributed by atoms with Crippen molar-refractivity contribution >= 4 is 17.3 Å². The number of aliphatic hydroxyl groups is 1. The molecule has 0 aliphatic rings. The summed E-state index contributed by atoms with van der Waals surface area (Å²) < 4.78 is 5.03. The quantitative estimate of drug-likeness (QED) is 0.549. The minimum Gasteiger partial charge on any atom is -0.384 e. The molecule has 7 nitrogen and oxygen atoms in total. The molecule has 120 valence electrons. The molecular weight excluding hydrogens is 302 g/mol. The molecule has 0 amide bonds. The van der Waals surface area contributed by atoms with Crippen LogP contribution in [0, 0.1) is 6.92 Å². The van der Waals surface area contributed by atoms with Gasteiger partial charge in [-0.3, -0.25) is 0 Å². The highest BCUT2D eigenvalue weighted by atomic mass is 32.1. The summed E-state index contributed by atoms with van der Waals surface area (Å²) in [6.45, 7) is 6.86. The number of nitrogens with one attached hydrogen (secondary N) is 2. The largest absolute Gasteiger partial charge is 0.384 e. The van der Waals surface area contributed by atoms with Crippen LogP contribution in [0.5, 0.6) is 0 Å². The zero-order valence-corrected chi connectivity index (χ0v) is 13.8. The first-order valence-electron chi connectivity index (χ1n) is 7.07. The van der Waals surface area contributed by atoms with Gasteiger partial charge in [0, 0.05) is 6.54 Å². The van der Waals surface area contributed by atoms with Crippen molar-refractivity contribution in [3.05, 3.63) is 34.1 Å². The lowest BCUT2D eigenvalue weighted by molar-refractivity contribution is 0.0621. The molecule has 1 unspecified atom stereocenters. The fourth-order valence-electron chi connectivity index (χ4n) is 1.82. The van der Waals surface area contributed by atoms with Gasteiger partial charge >= 0.3 is 0 Å². The first-order chi connectivity index (χ1) is 10.5. The summed E-state index contributed by atoms with van der Waals surface area (Å²) >= 11 is 1.56. The first-order valence-corrected chi connectivity index (χ1v) is 8.02. The van der Waals surface area contributed by atoms with E-state index >= 15 is 0 Å². The van der Waals surface area contributed by atoms with Crippen LogP contribution in [0.3, 0.4) is 0 Å². The number of nitrogens with zero attached hydrogens (tertiary/aromatic N) is 3. The SMILES string of the molecule is CCNC(=NCc1nc(C)no1)NCC(C)(O)c1ccsc1. The smallest absolute Gasteiger partial charge is 0.248 e. The average Bonchev–Trinajstić information content (AvgIpc) is 3.13. The molecule has 1 atom stereocenters. The molecule has 3 N–H and O–H groups in total. The van der Waals surface area contributed by atoms with Crippen LogP contribution in [0.1, 0.15) is 31.1 Å². The molecule has 2 rings (SSSR count). The van der Waals surface area contributed by atoms with Crippen molar-refractivity contribution in [2.24, 2.45) is 4.99 Å². The Balaban J connectivity index is 1.96. The molecule has 2 heterocycles. The molecule has 8 heteroatoms. The summed E-state index contributed by atoms with van der Waals surface area (Å²) in [4.78, 5) is 8.47. The second kappa shape index (κ2) is 7.37. The molecule has 0 bridgehead atoms. The summed E-state index contributed by atoms with van der Waals surface area (Å²) in [5.74, 6) is 1.64. The first kappa shape index (κ1) is 16.4. The van der Waals surface area contributed by atoms with Crippen molar-refractivity contribution in [3.8, 4) is 0 Å². The molecule has 0 aliphatic heterocycles. The van der Waals surface area contributed by atoms with Gasteiger partial charge in [-0.2, -0.15) is 16.3 Å². The number of aliphatic imine (C=N–C) groups is 1. The van der Waals surface area contributed by atoms with Crippen molar-refractivity contribution < 1.29 is 9.63 Å². The fourth-order valence-corrected chi connectivity index (χ4v) is 2.60. The van der Waals surface area contributed by atoms with Crippen LogP contribution in [0.15, 0.2) is 26.3 Å². The Bertz CT molecular complexity index is 607. The summed E-state index contributed by atoms with van der Waals surface area (Å²) in [5, 5.41) is 24.4. The van der Waals surface area contributed by atoms with Gasteiger partial charge in [0.15, 0.2) is 11.8 Å². The van der Waals surface area contributed by atoms with Gasteiger partial charge < -0.3 is 20.3 Å². The van der Waals surface area contributed by atoms with Crippen LogP contribution in [0.4, 0.5) is 0 Å². The maximum absolute atomic E-state index is 10.5. The minimum absolute atomic E-state index is 0.288. The Morgan fingerprint density at radius 2 is 2.32 bits per heavy atom. The van der Waals surface area contributed by atoms with Gasteiger partial charge in [0.1, 0.15) is 12.1 Å². The third-order valence-electron chi connectivity index (χ3n) is 3.03. The number of aryl methyl sites for hydroxylation is 1. The number of rotatable bonds is 6. The van der Waals surface area contributed by atoms with Crippen molar-refractivity contribution in [3.63, 3.8) is 0 Å². The molecule has 0 fully saturated rings. The lowest BCUT2D eigenvalue weighted by Gasteiger charge is -2.24. The molecule has 0 aromatic carbocycles. The highest BCUT2D eigenvalue weighted by molar-refractivity contribution is 7.08. The average molecular weight is 323 g/mol. The van der Waals surface area contributed by atoms with E-state index in [4.69, 9.17) is 4.52 Å². The van der Waals surface area contributed by atoms with Crippen molar-refractivity contribution in [2.45, 2.75) is 32.9 Å².